The van der Waals surface area contributed by atoms with Gasteiger partial charge in [-0.25, -0.2) is 9.97 Å². The highest BCUT2D eigenvalue weighted by Crippen LogP contribution is 2.30. The van der Waals surface area contributed by atoms with Crippen molar-refractivity contribution < 1.29 is 0 Å². The van der Waals surface area contributed by atoms with Crippen molar-refractivity contribution >= 4 is 0 Å². The number of aryl methyl sites for hydroxylation is 2. The molecule has 2 aliphatic rings. The zero-order valence-corrected chi connectivity index (χ0v) is 9.92. The fourth-order valence-corrected chi connectivity index (χ4v) is 2.96. The van der Waals surface area contributed by atoms with Crippen LogP contribution in [0, 0.1) is 6.92 Å². The lowest BCUT2D eigenvalue weighted by Gasteiger charge is -2.25. The van der Waals surface area contributed by atoms with Crippen LogP contribution in [0.25, 0.3) is 0 Å². The lowest BCUT2D eigenvalue weighted by molar-refractivity contribution is 0.402. The molecule has 1 aromatic heterocycles. The Kier molecular flexibility index (Phi) is 2.64. The molecule has 1 aromatic rings. The predicted octanol–water partition coefficient (Wildman–Crippen LogP) is 2.09. The largest absolute Gasteiger partial charge is 0.309 e. The van der Waals surface area contributed by atoms with Gasteiger partial charge in [-0.2, -0.15) is 0 Å². The van der Waals surface area contributed by atoms with Crippen molar-refractivity contribution in [2.45, 2.75) is 51.5 Å². The summed E-state index contributed by atoms with van der Waals surface area (Å²) in [6.45, 7) is 3.16. The third-order valence-electron chi connectivity index (χ3n) is 3.72. The Morgan fingerprint density at radius 2 is 2.06 bits per heavy atom. The van der Waals surface area contributed by atoms with Crippen LogP contribution >= 0.6 is 0 Å². The van der Waals surface area contributed by atoms with Gasteiger partial charge in [0.15, 0.2) is 0 Å². The number of piperidine rings is 1. The number of fused-ring (bicyclic) bond motifs is 1. The average Bonchev–Trinajstić information content (AvgIpc) is 2.77. The Hall–Kier alpha value is -0.960. The topological polar surface area (TPSA) is 37.8 Å². The highest BCUT2D eigenvalue weighted by atomic mass is 15.0. The van der Waals surface area contributed by atoms with Crippen molar-refractivity contribution in [1.29, 1.82) is 0 Å². The van der Waals surface area contributed by atoms with Crippen molar-refractivity contribution in [2.75, 3.05) is 6.54 Å². The zero-order chi connectivity index (χ0) is 11.0. The molecular formula is C13H19N3. The molecule has 3 nitrogen and oxygen atoms in total. The molecule has 2 heterocycles. The molecule has 1 saturated heterocycles. The molecule has 0 saturated carbocycles. The van der Waals surface area contributed by atoms with Crippen molar-refractivity contribution in [3.8, 4) is 0 Å². The smallest absolute Gasteiger partial charge is 0.125 e. The number of nitrogens with zero attached hydrogens (tertiary/aromatic N) is 2. The van der Waals surface area contributed by atoms with Crippen LogP contribution in [0.4, 0.5) is 0 Å². The van der Waals surface area contributed by atoms with Crippen LogP contribution in [-0.4, -0.2) is 16.5 Å². The second-order valence-corrected chi connectivity index (χ2v) is 4.94. The Bertz CT molecular complexity index is 394. The second kappa shape index (κ2) is 4.13. The number of hydrogen-bond acceptors (Lipinski definition) is 3. The van der Waals surface area contributed by atoms with E-state index in [0.29, 0.717) is 6.04 Å². The maximum atomic E-state index is 4.69. The summed E-state index contributed by atoms with van der Waals surface area (Å²) < 4.78 is 0. The Labute approximate surface area is 96.7 Å². The molecule has 86 valence electrons. The number of rotatable bonds is 1. The van der Waals surface area contributed by atoms with Gasteiger partial charge in [-0.15, -0.1) is 0 Å². The monoisotopic (exact) mass is 217 g/mol. The summed E-state index contributed by atoms with van der Waals surface area (Å²) in [4.78, 5) is 9.27. The Morgan fingerprint density at radius 1 is 1.12 bits per heavy atom. The minimum atomic E-state index is 0.488. The molecule has 3 heteroatoms. The fraction of sp³-hybridized carbons (Fsp3) is 0.692. The van der Waals surface area contributed by atoms with Gasteiger partial charge in [-0.3, -0.25) is 0 Å². The van der Waals surface area contributed by atoms with Gasteiger partial charge in [0.25, 0.3) is 0 Å². The first-order valence-electron chi connectivity index (χ1n) is 6.44. The first-order valence-corrected chi connectivity index (χ1v) is 6.44. The van der Waals surface area contributed by atoms with Crippen molar-refractivity contribution in [1.82, 2.24) is 15.3 Å². The fourth-order valence-electron chi connectivity index (χ4n) is 2.96. The van der Waals surface area contributed by atoms with Gasteiger partial charge < -0.3 is 5.32 Å². The number of aromatic nitrogens is 2. The molecule has 1 unspecified atom stereocenters. The van der Waals surface area contributed by atoms with E-state index in [1.54, 1.807) is 0 Å². The summed E-state index contributed by atoms with van der Waals surface area (Å²) in [5, 5.41) is 3.60. The van der Waals surface area contributed by atoms with Crippen LogP contribution in [-0.2, 0) is 12.8 Å². The van der Waals surface area contributed by atoms with Gasteiger partial charge in [0.05, 0.1) is 5.69 Å². The van der Waals surface area contributed by atoms with Gasteiger partial charge in [-0.1, -0.05) is 6.42 Å². The van der Waals surface area contributed by atoms with Gasteiger partial charge in [0, 0.05) is 11.7 Å². The molecule has 1 fully saturated rings. The van der Waals surface area contributed by atoms with E-state index in [4.69, 9.17) is 4.98 Å². The third-order valence-corrected chi connectivity index (χ3v) is 3.72. The van der Waals surface area contributed by atoms with Crippen LogP contribution in [0.15, 0.2) is 0 Å². The maximum Gasteiger partial charge on any atom is 0.125 e. The van der Waals surface area contributed by atoms with Crippen molar-refractivity contribution in [3.63, 3.8) is 0 Å². The average molecular weight is 217 g/mol. The molecule has 1 atom stereocenters. The lowest BCUT2D eigenvalue weighted by atomic mass is 9.98. The molecule has 0 bridgehead atoms. The van der Waals surface area contributed by atoms with E-state index >= 15 is 0 Å². The van der Waals surface area contributed by atoms with Gasteiger partial charge in [0.2, 0.25) is 0 Å². The molecule has 0 spiro atoms. The van der Waals surface area contributed by atoms with Crippen molar-refractivity contribution in [3.05, 3.63) is 22.8 Å². The van der Waals surface area contributed by atoms with E-state index in [9.17, 15) is 0 Å². The van der Waals surface area contributed by atoms with E-state index in [0.717, 1.165) is 18.8 Å². The van der Waals surface area contributed by atoms with E-state index in [-0.39, 0.29) is 0 Å². The van der Waals surface area contributed by atoms with Crippen LogP contribution in [0.2, 0.25) is 0 Å². The summed E-state index contributed by atoms with van der Waals surface area (Å²) in [6.07, 6.45) is 7.47. The maximum absolute atomic E-state index is 4.69. The lowest BCUT2D eigenvalue weighted by Crippen LogP contribution is -2.28. The number of hydrogen-bond donors (Lipinski definition) is 1. The summed E-state index contributed by atoms with van der Waals surface area (Å²) >= 11 is 0. The quantitative estimate of drug-likeness (QED) is 0.782. The first kappa shape index (κ1) is 10.2. The van der Waals surface area contributed by atoms with Gasteiger partial charge in [-0.05, 0) is 51.1 Å². The summed E-state index contributed by atoms with van der Waals surface area (Å²) in [5.41, 5.74) is 4.07. The molecule has 16 heavy (non-hydrogen) atoms. The van der Waals surface area contributed by atoms with Crippen LogP contribution in [0.3, 0.4) is 0 Å². The molecule has 1 aliphatic heterocycles. The molecule has 0 radical (unpaired) electrons. The minimum absolute atomic E-state index is 0.488. The predicted molar refractivity (Wildman–Crippen MR) is 63.4 cm³/mol. The normalized spacial score (nSPS) is 24.4. The molecule has 0 aromatic carbocycles. The van der Waals surface area contributed by atoms with E-state index in [1.165, 1.54) is 49.1 Å². The van der Waals surface area contributed by atoms with Crippen LogP contribution in [0.5, 0.6) is 0 Å². The minimum Gasteiger partial charge on any atom is -0.309 e. The molecular weight excluding hydrogens is 198 g/mol. The van der Waals surface area contributed by atoms with E-state index in [2.05, 4.69) is 10.3 Å². The summed E-state index contributed by atoms with van der Waals surface area (Å²) in [5.74, 6) is 0.947. The highest BCUT2D eigenvalue weighted by molar-refractivity contribution is 5.32. The van der Waals surface area contributed by atoms with Gasteiger partial charge >= 0.3 is 0 Å². The second-order valence-electron chi connectivity index (χ2n) is 4.94. The van der Waals surface area contributed by atoms with Crippen LogP contribution in [0.1, 0.15) is 54.5 Å². The van der Waals surface area contributed by atoms with E-state index in [1.807, 2.05) is 6.92 Å². The molecule has 0 amide bonds. The SMILES string of the molecule is Cc1nc2c(c(C3CCCCN3)n1)CCC2. The summed E-state index contributed by atoms with van der Waals surface area (Å²) in [7, 11) is 0. The first-order chi connectivity index (χ1) is 7.84. The van der Waals surface area contributed by atoms with Crippen LogP contribution < -0.4 is 5.32 Å². The molecule has 3 rings (SSSR count). The third kappa shape index (κ3) is 1.73. The zero-order valence-electron chi connectivity index (χ0n) is 9.92. The number of nitrogens with one attached hydrogen (secondary N) is 1. The Balaban J connectivity index is 1.99. The van der Waals surface area contributed by atoms with Crippen molar-refractivity contribution in [2.24, 2.45) is 0 Å². The van der Waals surface area contributed by atoms with Gasteiger partial charge in [0.1, 0.15) is 5.82 Å². The molecule has 1 aliphatic carbocycles. The highest BCUT2D eigenvalue weighted by Gasteiger charge is 2.24. The van der Waals surface area contributed by atoms with E-state index < -0.39 is 0 Å². The standard InChI is InChI=1S/C13H19N3/c1-9-15-11-7-4-5-10(11)13(16-9)12-6-2-3-8-14-12/h12,14H,2-8H2,1H3. The Morgan fingerprint density at radius 3 is 2.88 bits per heavy atom. The molecule has 1 N–H and O–H groups in total. The summed E-state index contributed by atoms with van der Waals surface area (Å²) in [6, 6.07) is 0.488.